The molecule has 0 amide bonds. The van der Waals surface area contributed by atoms with Crippen molar-refractivity contribution in [2.75, 3.05) is 26.1 Å². The molecule has 0 saturated carbocycles. The highest BCUT2D eigenvalue weighted by molar-refractivity contribution is 6.45. The molecule has 2 aromatic carbocycles. The van der Waals surface area contributed by atoms with E-state index in [4.69, 9.17) is 37.4 Å². The van der Waals surface area contributed by atoms with Crippen molar-refractivity contribution < 1.29 is 19.0 Å². The van der Waals surface area contributed by atoms with E-state index in [1.165, 1.54) is 6.20 Å². The third kappa shape index (κ3) is 3.79. The molecule has 0 bridgehead atoms. The van der Waals surface area contributed by atoms with Gasteiger partial charge in [-0.2, -0.15) is 0 Å². The number of benzene rings is 2. The first-order chi connectivity index (χ1) is 13.5. The summed E-state index contributed by atoms with van der Waals surface area (Å²) in [7, 11) is 3.12. The summed E-state index contributed by atoms with van der Waals surface area (Å²) >= 11 is 12.4. The Balaban J connectivity index is 2.24. The molecule has 0 spiro atoms. The van der Waals surface area contributed by atoms with Crippen molar-refractivity contribution in [3.8, 4) is 11.5 Å². The second-order valence-electron chi connectivity index (χ2n) is 5.72. The molecular formula is C20H18Cl2N2O4. The Bertz CT molecular complexity index is 1040. The van der Waals surface area contributed by atoms with E-state index in [9.17, 15) is 4.79 Å². The number of methoxy groups -OCH3 is 2. The zero-order chi connectivity index (χ0) is 20.3. The van der Waals surface area contributed by atoms with E-state index in [1.54, 1.807) is 51.5 Å². The van der Waals surface area contributed by atoms with Gasteiger partial charge in [-0.1, -0.05) is 23.2 Å². The fourth-order valence-electron chi connectivity index (χ4n) is 2.75. The van der Waals surface area contributed by atoms with Crippen LogP contribution in [-0.4, -0.2) is 31.8 Å². The Morgan fingerprint density at radius 2 is 1.93 bits per heavy atom. The van der Waals surface area contributed by atoms with Gasteiger partial charge in [0.2, 0.25) is 0 Å². The monoisotopic (exact) mass is 420 g/mol. The first kappa shape index (κ1) is 20.0. The molecule has 1 aromatic heterocycles. The Hall–Kier alpha value is -2.70. The largest absolute Gasteiger partial charge is 0.497 e. The Kier molecular flexibility index (Phi) is 6.11. The number of esters is 1. The van der Waals surface area contributed by atoms with Gasteiger partial charge < -0.3 is 19.5 Å². The summed E-state index contributed by atoms with van der Waals surface area (Å²) in [5.41, 5.74) is 1.81. The SMILES string of the molecule is CCOC(=O)c1cnc2c(Cl)c(Cl)ccc2c1Nc1cc(OC)ccc1OC. The van der Waals surface area contributed by atoms with Crippen LogP contribution in [0.1, 0.15) is 17.3 Å². The molecule has 3 aromatic rings. The summed E-state index contributed by atoms with van der Waals surface area (Å²) in [4.78, 5) is 16.8. The molecule has 8 heteroatoms. The van der Waals surface area contributed by atoms with Crippen LogP contribution in [0.15, 0.2) is 36.5 Å². The van der Waals surface area contributed by atoms with Gasteiger partial charge >= 0.3 is 5.97 Å². The van der Waals surface area contributed by atoms with E-state index in [0.29, 0.717) is 43.8 Å². The normalized spacial score (nSPS) is 10.6. The third-order valence-electron chi connectivity index (χ3n) is 4.09. The lowest BCUT2D eigenvalue weighted by atomic mass is 10.1. The quantitative estimate of drug-likeness (QED) is 0.532. The van der Waals surface area contributed by atoms with E-state index in [1.807, 2.05) is 0 Å². The number of halogens is 2. The third-order valence-corrected chi connectivity index (χ3v) is 4.89. The average molecular weight is 421 g/mol. The number of carbonyl (C=O) groups is 1. The highest BCUT2D eigenvalue weighted by atomic mass is 35.5. The fraction of sp³-hybridized carbons (Fsp3) is 0.200. The summed E-state index contributed by atoms with van der Waals surface area (Å²) in [6.45, 7) is 1.97. The zero-order valence-electron chi connectivity index (χ0n) is 15.5. The molecule has 0 fully saturated rings. The minimum Gasteiger partial charge on any atom is -0.497 e. The molecular weight excluding hydrogens is 403 g/mol. The van der Waals surface area contributed by atoms with E-state index in [-0.39, 0.29) is 12.2 Å². The molecule has 1 N–H and O–H groups in total. The summed E-state index contributed by atoms with van der Waals surface area (Å²) in [6.07, 6.45) is 1.41. The molecule has 0 unspecified atom stereocenters. The van der Waals surface area contributed by atoms with Gasteiger partial charge in [-0.05, 0) is 31.2 Å². The zero-order valence-corrected chi connectivity index (χ0v) is 17.0. The lowest BCUT2D eigenvalue weighted by Gasteiger charge is -2.17. The number of hydrogen-bond acceptors (Lipinski definition) is 6. The van der Waals surface area contributed by atoms with Crippen LogP contribution in [0.2, 0.25) is 10.0 Å². The smallest absolute Gasteiger partial charge is 0.341 e. The molecule has 0 atom stereocenters. The van der Waals surface area contributed by atoms with E-state index >= 15 is 0 Å². The van der Waals surface area contributed by atoms with Gasteiger partial charge in [0.05, 0.1) is 47.8 Å². The standard InChI is InChI=1S/C20H18Cl2N2O4/c1-4-28-20(25)13-10-23-19-12(6-7-14(21)17(19)22)18(13)24-15-9-11(26-2)5-8-16(15)27-3/h5-10H,4H2,1-3H3,(H,23,24). The first-order valence-electron chi connectivity index (χ1n) is 8.43. The lowest BCUT2D eigenvalue weighted by Crippen LogP contribution is -2.10. The Morgan fingerprint density at radius 1 is 1.14 bits per heavy atom. The number of anilines is 2. The highest BCUT2D eigenvalue weighted by Gasteiger charge is 2.20. The molecule has 6 nitrogen and oxygen atoms in total. The number of nitrogens with one attached hydrogen (secondary N) is 1. The number of fused-ring (bicyclic) bond motifs is 1. The van der Waals surface area contributed by atoms with Gasteiger partial charge in [0.1, 0.15) is 17.1 Å². The van der Waals surface area contributed by atoms with E-state index in [2.05, 4.69) is 10.3 Å². The summed E-state index contributed by atoms with van der Waals surface area (Å²) in [5.74, 6) is 0.688. The molecule has 28 heavy (non-hydrogen) atoms. The maximum absolute atomic E-state index is 12.5. The van der Waals surface area contributed by atoms with E-state index in [0.717, 1.165) is 0 Å². The number of aromatic nitrogens is 1. The second kappa shape index (κ2) is 8.54. The average Bonchev–Trinajstić information content (AvgIpc) is 2.71. The minimum atomic E-state index is -0.507. The van der Waals surface area contributed by atoms with Gasteiger partial charge in [0.15, 0.2) is 0 Å². The van der Waals surface area contributed by atoms with Crippen molar-refractivity contribution in [1.82, 2.24) is 4.98 Å². The molecule has 3 rings (SSSR count). The van der Waals surface area contributed by atoms with Crippen LogP contribution >= 0.6 is 23.2 Å². The van der Waals surface area contributed by atoms with Crippen LogP contribution in [-0.2, 0) is 4.74 Å². The topological polar surface area (TPSA) is 69.7 Å². The van der Waals surface area contributed by atoms with Crippen molar-refractivity contribution in [3.05, 3.63) is 52.1 Å². The molecule has 0 aliphatic rings. The Morgan fingerprint density at radius 3 is 2.61 bits per heavy atom. The molecule has 0 aliphatic carbocycles. The van der Waals surface area contributed by atoms with Gasteiger partial charge in [0, 0.05) is 17.6 Å². The molecule has 1 heterocycles. The van der Waals surface area contributed by atoms with Crippen LogP contribution < -0.4 is 14.8 Å². The number of hydrogen-bond donors (Lipinski definition) is 1. The first-order valence-corrected chi connectivity index (χ1v) is 9.18. The second-order valence-corrected chi connectivity index (χ2v) is 6.50. The lowest BCUT2D eigenvalue weighted by molar-refractivity contribution is 0.0527. The molecule has 0 saturated heterocycles. The predicted molar refractivity (Wildman–Crippen MR) is 111 cm³/mol. The van der Waals surface area contributed by atoms with Crippen molar-refractivity contribution in [1.29, 1.82) is 0 Å². The van der Waals surface area contributed by atoms with Crippen molar-refractivity contribution in [3.63, 3.8) is 0 Å². The Labute approximate surface area is 172 Å². The number of carbonyl (C=O) groups excluding carboxylic acids is 1. The van der Waals surface area contributed by atoms with Crippen molar-refractivity contribution >= 4 is 51.4 Å². The van der Waals surface area contributed by atoms with Crippen LogP contribution in [0.4, 0.5) is 11.4 Å². The van der Waals surface area contributed by atoms with Crippen LogP contribution in [0.3, 0.4) is 0 Å². The van der Waals surface area contributed by atoms with Crippen LogP contribution in [0.5, 0.6) is 11.5 Å². The highest BCUT2D eigenvalue weighted by Crippen LogP contribution is 2.38. The van der Waals surface area contributed by atoms with Crippen molar-refractivity contribution in [2.45, 2.75) is 6.92 Å². The van der Waals surface area contributed by atoms with Gasteiger partial charge in [-0.25, -0.2) is 4.79 Å². The van der Waals surface area contributed by atoms with Gasteiger partial charge in [0.25, 0.3) is 0 Å². The number of pyridine rings is 1. The molecule has 0 aliphatic heterocycles. The summed E-state index contributed by atoms with van der Waals surface area (Å²) < 4.78 is 15.9. The molecule has 146 valence electrons. The van der Waals surface area contributed by atoms with Gasteiger partial charge in [-0.15, -0.1) is 0 Å². The maximum atomic E-state index is 12.5. The molecule has 0 radical (unpaired) electrons. The maximum Gasteiger partial charge on any atom is 0.341 e. The summed E-state index contributed by atoms with van der Waals surface area (Å²) in [5, 5.41) is 4.54. The minimum absolute atomic E-state index is 0.236. The number of rotatable bonds is 6. The number of ether oxygens (including phenoxy) is 3. The van der Waals surface area contributed by atoms with Gasteiger partial charge in [-0.3, -0.25) is 4.98 Å². The fourth-order valence-corrected chi connectivity index (χ4v) is 3.12. The van der Waals surface area contributed by atoms with E-state index < -0.39 is 5.97 Å². The van der Waals surface area contributed by atoms with Crippen LogP contribution in [0, 0.1) is 0 Å². The van der Waals surface area contributed by atoms with Crippen LogP contribution in [0.25, 0.3) is 10.9 Å². The number of nitrogens with zero attached hydrogens (tertiary/aromatic N) is 1. The summed E-state index contributed by atoms with van der Waals surface area (Å²) in [6, 6.07) is 8.69. The van der Waals surface area contributed by atoms with Crippen molar-refractivity contribution in [2.24, 2.45) is 0 Å². The predicted octanol–water partition coefficient (Wildman–Crippen LogP) is 5.48.